The highest BCUT2D eigenvalue weighted by Crippen LogP contribution is 2.60. The number of aliphatic hydroxyl groups is 1. The fourth-order valence-electron chi connectivity index (χ4n) is 6.32. The molecule has 0 saturated heterocycles. The molecule has 2 N–H and O–H groups in total. The van der Waals surface area contributed by atoms with Crippen LogP contribution in [0.15, 0.2) is 18.2 Å². The Hall–Kier alpha value is -1.11. The van der Waals surface area contributed by atoms with Crippen LogP contribution < -0.4 is 9.50 Å². The van der Waals surface area contributed by atoms with Crippen LogP contribution >= 0.6 is 0 Å². The Bertz CT molecular complexity index is 808. The van der Waals surface area contributed by atoms with E-state index in [0.717, 1.165) is 38.4 Å². The van der Waals surface area contributed by atoms with E-state index < -0.39 is 10.1 Å². The molecule has 0 aliphatic heterocycles. The number of likely N-dealkylation sites (N-methyl/N-ethyl adjacent to an activating group) is 1. The van der Waals surface area contributed by atoms with Gasteiger partial charge in [0, 0.05) is 6.04 Å². The summed E-state index contributed by atoms with van der Waals surface area (Å²) in [6, 6.07) is 5.94. The Morgan fingerprint density at radius 3 is 2.77 bits per heavy atom. The van der Waals surface area contributed by atoms with Gasteiger partial charge in [0.25, 0.3) is 0 Å². The topological polar surface area (TPSA) is 75.6 Å². The largest absolute Gasteiger partial charge is 0.391 e. The van der Waals surface area contributed by atoms with Crippen molar-refractivity contribution in [2.45, 2.75) is 57.1 Å². The summed E-state index contributed by atoms with van der Waals surface area (Å²) < 4.78 is 27.9. The van der Waals surface area contributed by atoms with Crippen LogP contribution in [0.25, 0.3) is 0 Å². The minimum absolute atomic E-state index is 0.159. The zero-order valence-electron chi connectivity index (χ0n) is 15.7. The molecule has 6 heteroatoms. The van der Waals surface area contributed by atoms with Crippen LogP contribution in [0, 0.1) is 17.3 Å². The van der Waals surface area contributed by atoms with Gasteiger partial charge in [0.15, 0.2) is 0 Å². The molecule has 0 unspecified atom stereocenters. The molecule has 0 radical (unpaired) electrons. The van der Waals surface area contributed by atoms with Crippen molar-refractivity contribution in [3.8, 4) is 5.75 Å². The highest BCUT2D eigenvalue weighted by Gasteiger charge is 2.57. The predicted molar refractivity (Wildman–Crippen MR) is 101 cm³/mol. The molecule has 0 heterocycles. The molecule has 0 spiro atoms. The average molecular weight is 380 g/mol. The summed E-state index contributed by atoms with van der Waals surface area (Å²) in [4.78, 5) is 0. The lowest BCUT2D eigenvalue weighted by Crippen LogP contribution is -2.49. The van der Waals surface area contributed by atoms with Crippen molar-refractivity contribution in [1.82, 2.24) is 5.32 Å². The molecule has 3 aliphatic carbocycles. The monoisotopic (exact) mass is 379 g/mol. The highest BCUT2D eigenvalue weighted by molar-refractivity contribution is 7.86. The van der Waals surface area contributed by atoms with Crippen molar-refractivity contribution in [2.24, 2.45) is 17.3 Å². The molecule has 5 nitrogen and oxygen atoms in total. The highest BCUT2D eigenvalue weighted by atomic mass is 32.2. The average Bonchev–Trinajstić information content (AvgIpc) is 2.82. The maximum absolute atomic E-state index is 11.4. The SMILES string of the molecule is CN[C@H]1[C@H](O)C[C@H]2[C@@H]3CCc4cc(OS(C)(=O)=O)ccc4[C@H]3CC[C@@]21C. The molecular formula is C20H29NO4S. The minimum atomic E-state index is -3.50. The van der Waals surface area contributed by atoms with Gasteiger partial charge < -0.3 is 14.6 Å². The van der Waals surface area contributed by atoms with Gasteiger partial charge in [0.1, 0.15) is 5.75 Å². The second-order valence-corrected chi connectivity index (χ2v) is 10.3. The number of aryl methyl sites for hydroxylation is 1. The minimum Gasteiger partial charge on any atom is -0.391 e. The third-order valence-corrected chi connectivity index (χ3v) is 7.78. The Kier molecular flexibility index (Phi) is 4.36. The van der Waals surface area contributed by atoms with Crippen LogP contribution in [0.2, 0.25) is 0 Å². The molecule has 1 aromatic carbocycles. The Morgan fingerprint density at radius 1 is 1.31 bits per heavy atom. The first-order chi connectivity index (χ1) is 12.2. The quantitative estimate of drug-likeness (QED) is 0.789. The van der Waals surface area contributed by atoms with E-state index in [0.29, 0.717) is 23.5 Å². The van der Waals surface area contributed by atoms with Gasteiger partial charge in [-0.3, -0.25) is 0 Å². The van der Waals surface area contributed by atoms with Crippen LogP contribution in [0.1, 0.15) is 49.7 Å². The molecule has 0 amide bonds. The van der Waals surface area contributed by atoms with Gasteiger partial charge in [-0.1, -0.05) is 13.0 Å². The zero-order chi connectivity index (χ0) is 18.7. The molecule has 4 rings (SSSR count). The van der Waals surface area contributed by atoms with Gasteiger partial charge in [0.05, 0.1) is 12.4 Å². The number of rotatable bonds is 3. The van der Waals surface area contributed by atoms with Crippen molar-refractivity contribution in [1.29, 1.82) is 0 Å². The predicted octanol–water partition coefficient (Wildman–Crippen LogP) is 2.44. The summed E-state index contributed by atoms with van der Waals surface area (Å²) in [5.41, 5.74) is 2.73. The number of fused-ring (bicyclic) bond motifs is 5. The lowest BCUT2D eigenvalue weighted by Gasteiger charge is -2.50. The maximum Gasteiger partial charge on any atom is 0.306 e. The van der Waals surface area contributed by atoms with Crippen molar-refractivity contribution in [3.05, 3.63) is 29.3 Å². The van der Waals surface area contributed by atoms with Gasteiger partial charge in [0.2, 0.25) is 0 Å². The van der Waals surface area contributed by atoms with Crippen molar-refractivity contribution >= 4 is 10.1 Å². The third kappa shape index (κ3) is 2.86. The fourth-order valence-corrected chi connectivity index (χ4v) is 6.77. The molecule has 2 fully saturated rings. The lowest BCUT2D eigenvalue weighted by atomic mass is 9.55. The van der Waals surface area contributed by atoms with Crippen LogP contribution in [0.4, 0.5) is 0 Å². The van der Waals surface area contributed by atoms with E-state index in [1.54, 1.807) is 6.07 Å². The summed E-state index contributed by atoms with van der Waals surface area (Å²) in [6.45, 7) is 2.35. The molecular weight excluding hydrogens is 350 g/mol. The third-order valence-electron chi connectivity index (χ3n) is 7.28. The van der Waals surface area contributed by atoms with Crippen molar-refractivity contribution in [2.75, 3.05) is 13.3 Å². The number of benzene rings is 1. The van der Waals surface area contributed by atoms with Crippen LogP contribution in [0.5, 0.6) is 5.75 Å². The lowest BCUT2D eigenvalue weighted by molar-refractivity contribution is 0.0382. The van der Waals surface area contributed by atoms with Gasteiger partial charge in [-0.25, -0.2) is 0 Å². The molecule has 0 bridgehead atoms. The second kappa shape index (κ2) is 6.21. The normalized spacial score (nSPS) is 39.0. The summed E-state index contributed by atoms with van der Waals surface area (Å²) >= 11 is 0. The molecule has 144 valence electrons. The van der Waals surface area contributed by atoms with Crippen LogP contribution in [-0.4, -0.2) is 39.0 Å². The van der Waals surface area contributed by atoms with E-state index >= 15 is 0 Å². The summed E-state index contributed by atoms with van der Waals surface area (Å²) in [5.74, 6) is 2.05. The first-order valence-electron chi connectivity index (χ1n) is 9.60. The van der Waals surface area contributed by atoms with Crippen molar-refractivity contribution < 1.29 is 17.7 Å². The van der Waals surface area contributed by atoms with Crippen LogP contribution in [-0.2, 0) is 16.5 Å². The molecule has 1 aromatic rings. The van der Waals surface area contributed by atoms with E-state index in [1.165, 1.54) is 11.1 Å². The first kappa shape index (κ1) is 18.3. The molecule has 2 saturated carbocycles. The number of hydrogen-bond acceptors (Lipinski definition) is 5. The summed E-state index contributed by atoms with van der Waals surface area (Å²) in [7, 11) is -1.53. The number of nitrogens with one attached hydrogen (secondary N) is 1. The van der Waals surface area contributed by atoms with Gasteiger partial charge in [-0.2, -0.15) is 8.42 Å². The summed E-state index contributed by atoms with van der Waals surface area (Å²) in [5, 5.41) is 14.0. The molecule has 26 heavy (non-hydrogen) atoms. The second-order valence-electron chi connectivity index (χ2n) is 8.68. The molecule has 3 aliphatic rings. The van der Waals surface area contributed by atoms with Gasteiger partial charge in [-0.15, -0.1) is 0 Å². The Balaban J connectivity index is 1.63. The molecule has 0 aromatic heterocycles. The Morgan fingerprint density at radius 2 is 2.08 bits per heavy atom. The standard InChI is InChI=1S/C20H29NO4S/c1-20-9-8-15-14-7-5-13(25-26(3,23)24)10-12(14)4-6-16(15)17(20)11-18(22)19(20)21-2/h5,7,10,15-19,21-22H,4,6,8-9,11H2,1-3H3/t15-,16-,17+,18-,19+,20+/m1/s1. The van der Waals surface area contributed by atoms with E-state index in [9.17, 15) is 13.5 Å². The van der Waals surface area contributed by atoms with E-state index in [1.807, 2.05) is 13.1 Å². The van der Waals surface area contributed by atoms with Crippen molar-refractivity contribution in [3.63, 3.8) is 0 Å². The smallest absolute Gasteiger partial charge is 0.306 e. The van der Waals surface area contributed by atoms with E-state index in [2.05, 4.69) is 18.3 Å². The molecule has 6 atom stereocenters. The first-order valence-corrected chi connectivity index (χ1v) is 11.4. The zero-order valence-corrected chi connectivity index (χ0v) is 16.6. The van der Waals surface area contributed by atoms with Gasteiger partial charge >= 0.3 is 10.1 Å². The fraction of sp³-hybridized carbons (Fsp3) is 0.700. The summed E-state index contributed by atoms with van der Waals surface area (Å²) in [6.07, 6.45) is 5.99. The number of hydrogen-bond donors (Lipinski definition) is 2. The Labute approximate surface area is 156 Å². The van der Waals surface area contributed by atoms with E-state index in [-0.39, 0.29) is 17.6 Å². The van der Waals surface area contributed by atoms with E-state index in [4.69, 9.17) is 4.18 Å². The van der Waals surface area contributed by atoms with Gasteiger partial charge in [-0.05, 0) is 85.6 Å². The number of aliphatic hydroxyl groups excluding tert-OH is 1. The maximum atomic E-state index is 11.4. The van der Waals surface area contributed by atoms with Crippen LogP contribution in [0.3, 0.4) is 0 Å².